The lowest BCUT2D eigenvalue weighted by molar-refractivity contribution is 0.0934. The van der Waals surface area contributed by atoms with Crippen molar-refractivity contribution in [1.29, 1.82) is 0 Å². The van der Waals surface area contributed by atoms with Gasteiger partial charge >= 0.3 is 0 Å². The molecule has 1 saturated carbocycles. The van der Waals surface area contributed by atoms with E-state index in [0.717, 1.165) is 12.8 Å². The summed E-state index contributed by atoms with van der Waals surface area (Å²) < 4.78 is 0. The number of carbonyl (C=O) groups excluding carboxylic acids is 1. The third-order valence-corrected chi connectivity index (χ3v) is 4.63. The first-order valence-electron chi connectivity index (χ1n) is 6.94. The van der Waals surface area contributed by atoms with Gasteiger partial charge in [-0.3, -0.25) is 4.79 Å². The predicted molar refractivity (Wildman–Crippen MR) is 81.6 cm³/mol. The number of nitrogens with one attached hydrogen (secondary N) is 1. The van der Waals surface area contributed by atoms with Gasteiger partial charge in [0.1, 0.15) is 5.75 Å². The van der Waals surface area contributed by atoms with Crippen LogP contribution < -0.4 is 5.32 Å². The average molecular weight is 316 g/mol. The van der Waals surface area contributed by atoms with Crippen LogP contribution in [0.2, 0.25) is 5.02 Å². The van der Waals surface area contributed by atoms with Gasteiger partial charge in [0.2, 0.25) is 0 Å². The SMILES string of the molecule is O=C(NCC1CCCCC1CCl)c1ccc(Cl)cc1O. The fourth-order valence-corrected chi connectivity index (χ4v) is 3.34. The summed E-state index contributed by atoms with van der Waals surface area (Å²) in [5, 5.41) is 13.0. The van der Waals surface area contributed by atoms with Crippen molar-refractivity contribution in [1.82, 2.24) is 5.32 Å². The lowest BCUT2D eigenvalue weighted by Gasteiger charge is -2.30. The van der Waals surface area contributed by atoms with Crippen LogP contribution in [0.3, 0.4) is 0 Å². The van der Waals surface area contributed by atoms with Gasteiger partial charge in [-0.05, 0) is 42.9 Å². The number of rotatable bonds is 4. The van der Waals surface area contributed by atoms with E-state index in [4.69, 9.17) is 23.2 Å². The van der Waals surface area contributed by atoms with Crippen molar-refractivity contribution in [2.24, 2.45) is 11.8 Å². The molecule has 1 aliphatic carbocycles. The van der Waals surface area contributed by atoms with Crippen molar-refractivity contribution in [3.05, 3.63) is 28.8 Å². The highest BCUT2D eigenvalue weighted by molar-refractivity contribution is 6.30. The van der Waals surface area contributed by atoms with Crippen LogP contribution in [-0.2, 0) is 0 Å². The molecule has 5 heteroatoms. The number of carbonyl (C=O) groups is 1. The summed E-state index contributed by atoms with van der Waals surface area (Å²) in [5.41, 5.74) is 0.257. The minimum absolute atomic E-state index is 0.0902. The molecule has 2 unspecified atom stereocenters. The van der Waals surface area contributed by atoms with Crippen molar-refractivity contribution in [2.45, 2.75) is 25.7 Å². The Morgan fingerprint density at radius 3 is 2.65 bits per heavy atom. The van der Waals surface area contributed by atoms with Gasteiger partial charge in [0.15, 0.2) is 0 Å². The molecular weight excluding hydrogens is 297 g/mol. The Labute approximate surface area is 129 Å². The summed E-state index contributed by atoms with van der Waals surface area (Å²) in [7, 11) is 0. The highest BCUT2D eigenvalue weighted by atomic mass is 35.5. The monoisotopic (exact) mass is 315 g/mol. The van der Waals surface area contributed by atoms with E-state index in [1.807, 2.05) is 0 Å². The maximum atomic E-state index is 12.1. The van der Waals surface area contributed by atoms with Gasteiger partial charge in [0.05, 0.1) is 5.56 Å². The van der Waals surface area contributed by atoms with Gasteiger partial charge < -0.3 is 10.4 Å². The van der Waals surface area contributed by atoms with E-state index in [-0.39, 0.29) is 17.2 Å². The van der Waals surface area contributed by atoms with E-state index in [0.29, 0.717) is 29.3 Å². The summed E-state index contributed by atoms with van der Waals surface area (Å²) in [6.45, 7) is 0.609. The zero-order valence-corrected chi connectivity index (χ0v) is 12.8. The lowest BCUT2D eigenvalue weighted by atomic mass is 9.80. The van der Waals surface area contributed by atoms with Crippen molar-refractivity contribution >= 4 is 29.1 Å². The molecule has 0 radical (unpaired) electrons. The Balaban J connectivity index is 1.94. The van der Waals surface area contributed by atoms with Gasteiger partial charge in [-0.1, -0.05) is 24.4 Å². The van der Waals surface area contributed by atoms with Gasteiger partial charge in [-0.25, -0.2) is 0 Å². The first-order chi connectivity index (χ1) is 9.61. The molecule has 1 aliphatic rings. The molecule has 2 atom stereocenters. The number of halogens is 2. The Kier molecular flexibility index (Phi) is 5.55. The maximum Gasteiger partial charge on any atom is 0.255 e. The Morgan fingerprint density at radius 1 is 1.30 bits per heavy atom. The number of benzene rings is 1. The van der Waals surface area contributed by atoms with Crippen LogP contribution >= 0.6 is 23.2 Å². The number of phenolic OH excluding ortho intramolecular Hbond substituents is 1. The summed E-state index contributed by atoms with van der Waals surface area (Å²) in [4.78, 5) is 12.1. The maximum absolute atomic E-state index is 12.1. The molecule has 0 bridgehead atoms. The van der Waals surface area contributed by atoms with Crippen LogP contribution in [0, 0.1) is 11.8 Å². The molecule has 2 rings (SSSR count). The van der Waals surface area contributed by atoms with Gasteiger partial charge in [0, 0.05) is 17.4 Å². The fourth-order valence-electron chi connectivity index (χ4n) is 2.77. The first-order valence-corrected chi connectivity index (χ1v) is 7.85. The molecule has 1 aromatic rings. The average Bonchev–Trinajstić information content (AvgIpc) is 2.45. The number of amides is 1. The highest BCUT2D eigenvalue weighted by Gasteiger charge is 2.25. The van der Waals surface area contributed by atoms with Crippen molar-refractivity contribution in [3.63, 3.8) is 0 Å². The van der Waals surface area contributed by atoms with Gasteiger partial charge in [0.25, 0.3) is 5.91 Å². The molecule has 1 amide bonds. The topological polar surface area (TPSA) is 49.3 Å². The van der Waals surface area contributed by atoms with Crippen LogP contribution in [0.4, 0.5) is 0 Å². The van der Waals surface area contributed by atoms with E-state index in [9.17, 15) is 9.90 Å². The smallest absolute Gasteiger partial charge is 0.255 e. The molecule has 0 saturated heterocycles. The third kappa shape index (κ3) is 3.80. The molecule has 3 nitrogen and oxygen atoms in total. The molecule has 0 aliphatic heterocycles. The van der Waals surface area contributed by atoms with Crippen LogP contribution in [0.1, 0.15) is 36.0 Å². The molecule has 1 fully saturated rings. The Morgan fingerprint density at radius 2 is 2.00 bits per heavy atom. The minimum atomic E-state index is -0.266. The van der Waals surface area contributed by atoms with E-state index in [1.165, 1.54) is 25.0 Å². The second-order valence-electron chi connectivity index (χ2n) is 5.33. The van der Waals surface area contributed by atoms with Crippen molar-refractivity contribution in [2.75, 3.05) is 12.4 Å². The van der Waals surface area contributed by atoms with Crippen molar-refractivity contribution < 1.29 is 9.90 Å². The second kappa shape index (κ2) is 7.19. The largest absolute Gasteiger partial charge is 0.507 e. The number of alkyl halides is 1. The molecule has 2 N–H and O–H groups in total. The summed E-state index contributed by atoms with van der Waals surface area (Å²) in [6.07, 6.45) is 4.65. The zero-order valence-electron chi connectivity index (χ0n) is 11.2. The molecule has 110 valence electrons. The quantitative estimate of drug-likeness (QED) is 0.830. The van der Waals surface area contributed by atoms with E-state index < -0.39 is 0 Å². The summed E-state index contributed by atoms with van der Waals surface area (Å²) in [5.74, 6) is 1.20. The summed E-state index contributed by atoms with van der Waals surface area (Å²) in [6, 6.07) is 4.50. The number of phenols is 1. The minimum Gasteiger partial charge on any atom is -0.507 e. The zero-order chi connectivity index (χ0) is 14.5. The highest BCUT2D eigenvalue weighted by Crippen LogP contribution is 2.30. The number of aromatic hydroxyl groups is 1. The lowest BCUT2D eigenvalue weighted by Crippen LogP contribution is -2.34. The molecule has 1 aromatic carbocycles. The fraction of sp³-hybridized carbons (Fsp3) is 0.533. The summed E-state index contributed by atoms with van der Waals surface area (Å²) >= 11 is 11.7. The van der Waals surface area contributed by atoms with Gasteiger partial charge in [-0.2, -0.15) is 0 Å². The number of hydrogen-bond acceptors (Lipinski definition) is 2. The Bertz CT molecular complexity index is 479. The third-order valence-electron chi connectivity index (χ3n) is 3.99. The van der Waals surface area contributed by atoms with Crippen LogP contribution in [0.25, 0.3) is 0 Å². The van der Waals surface area contributed by atoms with Crippen LogP contribution in [0.15, 0.2) is 18.2 Å². The molecular formula is C15H19Cl2NO2. The van der Waals surface area contributed by atoms with Gasteiger partial charge in [-0.15, -0.1) is 11.6 Å². The first kappa shape index (κ1) is 15.5. The second-order valence-corrected chi connectivity index (χ2v) is 6.08. The Hall–Kier alpha value is -0.930. The molecule has 0 aromatic heterocycles. The van der Waals surface area contributed by atoms with E-state index in [2.05, 4.69) is 5.32 Å². The molecule has 0 spiro atoms. The standard InChI is InChI=1S/C15H19Cl2NO2/c16-8-10-3-1-2-4-11(10)9-18-15(20)13-6-5-12(17)7-14(13)19/h5-7,10-11,19H,1-4,8-9H2,(H,18,20). The van der Waals surface area contributed by atoms with E-state index in [1.54, 1.807) is 6.07 Å². The normalized spacial score (nSPS) is 22.5. The predicted octanol–water partition coefficient (Wildman–Crippen LogP) is 3.82. The molecule has 0 heterocycles. The number of hydrogen-bond donors (Lipinski definition) is 2. The van der Waals surface area contributed by atoms with Crippen molar-refractivity contribution in [3.8, 4) is 5.75 Å². The molecule has 20 heavy (non-hydrogen) atoms. The van der Waals surface area contributed by atoms with Crippen LogP contribution in [-0.4, -0.2) is 23.4 Å². The van der Waals surface area contributed by atoms with Crippen LogP contribution in [0.5, 0.6) is 5.75 Å². The van der Waals surface area contributed by atoms with E-state index >= 15 is 0 Å².